The molecule has 2 heterocycles. The molecule has 6 nitrogen and oxygen atoms in total. The SMILES string of the molecule is NC(=O)C1CCCCN1c1nc[nH]c(=O)c1I. The summed E-state index contributed by atoms with van der Waals surface area (Å²) >= 11 is 1.94. The normalized spacial score (nSPS) is 20.3. The first kappa shape index (κ1) is 12.3. The lowest BCUT2D eigenvalue weighted by molar-refractivity contribution is -0.119. The summed E-state index contributed by atoms with van der Waals surface area (Å²) in [5.74, 6) is 0.195. The standard InChI is InChI=1S/C10H13IN4O2/c11-7-9(13-5-14-10(7)17)15-4-2-1-3-6(15)8(12)16/h5-6H,1-4H2,(H2,12,16)(H,13,14,17). The lowest BCUT2D eigenvalue weighted by Gasteiger charge is -2.34. The van der Waals surface area contributed by atoms with Crippen molar-refractivity contribution in [3.8, 4) is 0 Å². The van der Waals surface area contributed by atoms with Crippen LogP contribution < -0.4 is 16.2 Å². The first-order valence-electron chi connectivity index (χ1n) is 5.40. The Bertz CT molecular complexity index is 487. The highest BCUT2D eigenvalue weighted by Crippen LogP contribution is 2.24. The molecule has 3 N–H and O–H groups in total. The quantitative estimate of drug-likeness (QED) is 0.748. The number of nitrogens with zero attached hydrogens (tertiary/aromatic N) is 2. The number of nitrogens with one attached hydrogen (secondary N) is 1. The van der Waals surface area contributed by atoms with Gasteiger partial charge in [-0.25, -0.2) is 4.98 Å². The number of hydrogen-bond donors (Lipinski definition) is 2. The third-order valence-electron chi connectivity index (χ3n) is 2.88. The fourth-order valence-corrected chi connectivity index (χ4v) is 2.66. The predicted molar refractivity (Wildman–Crippen MR) is 71.8 cm³/mol. The van der Waals surface area contributed by atoms with Gasteiger partial charge in [0.05, 0.1) is 6.33 Å². The summed E-state index contributed by atoms with van der Waals surface area (Å²) in [4.78, 5) is 31.4. The van der Waals surface area contributed by atoms with E-state index in [1.54, 1.807) is 0 Å². The summed E-state index contributed by atoms with van der Waals surface area (Å²) in [7, 11) is 0. The van der Waals surface area contributed by atoms with Crippen molar-refractivity contribution < 1.29 is 4.79 Å². The molecule has 1 saturated heterocycles. The third-order valence-corrected chi connectivity index (χ3v) is 3.85. The number of aromatic nitrogens is 2. The van der Waals surface area contributed by atoms with Gasteiger partial charge in [0.1, 0.15) is 15.4 Å². The van der Waals surface area contributed by atoms with Gasteiger partial charge < -0.3 is 15.6 Å². The van der Waals surface area contributed by atoms with Crippen molar-refractivity contribution in [2.24, 2.45) is 5.73 Å². The van der Waals surface area contributed by atoms with Crippen LogP contribution >= 0.6 is 22.6 Å². The number of carbonyl (C=O) groups excluding carboxylic acids is 1. The Labute approximate surface area is 112 Å². The molecule has 1 aliphatic heterocycles. The lowest BCUT2D eigenvalue weighted by Crippen LogP contribution is -2.49. The van der Waals surface area contributed by atoms with E-state index in [9.17, 15) is 9.59 Å². The molecule has 2 rings (SSSR count). The molecule has 1 fully saturated rings. The van der Waals surface area contributed by atoms with E-state index in [0.717, 1.165) is 19.3 Å². The van der Waals surface area contributed by atoms with E-state index in [1.165, 1.54) is 6.33 Å². The number of piperidine rings is 1. The van der Waals surface area contributed by atoms with Gasteiger partial charge in [-0.15, -0.1) is 0 Å². The van der Waals surface area contributed by atoms with Crippen LogP contribution in [0.5, 0.6) is 0 Å². The predicted octanol–water partition coefficient (Wildman–Crippen LogP) is 0.219. The summed E-state index contributed by atoms with van der Waals surface area (Å²) in [5.41, 5.74) is 5.20. The van der Waals surface area contributed by atoms with Crippen molar-refractivity contribution in [3.63, 3.8) is 0 Å². The van der Waals surface area contributed by atoms with Crippen LogP contribution in [0.2, 0.25) is 0 Å². The van der Waals surface area contributed by atoms with Crippen molar-refractivity contribution in [3.05, 3.63) is 20.3 Å². The molecule has 0 aliphatic carbocycles. The Morgan fingerprint density at radius 1 is 1.59 bits per heavy atom. The van der Waals surface area contributed by atoms with Crippen LogP contribution in [0.4, 0.5) is 5.82 Å². The molecule has 0 aromatic carbocycles. The lowest BCUT2D eigenvalue weighted by atomic mass is 10.0. The van der Waals surface area contributed by atoms with E-state index in [4.69, 9.17) is 5.73 Å². The number of aromatic amines is 1. The minimum absolute atomic E-state index is 0.190. The molecule has 1 aromatic rings. The highest BCUT2D eigenvalue weighted by molar-refractivity contribution is 14.1. The zero-order valence-corrected chi connectivity index (χ0v) is 11.3. The number of halogens is 1. The van der Waals surface area contributed by atoms with Gasteiger partial charge in [0, 0.05) is 6.54 Å². The second-order valence-corrected chi connectivity index (χ2v) is 5.06. The first-order valence-corrected chi connectivity index (χ1v) is 6.48. The molecule has 1 amide bonds. The Hall–Kier alpha value is -1.12. The van der Waals surface area contributed by atoms with Gasteiger partial charge >= 0.3 is 0 Å². The Balaban J connectivity index is 2.39. The van der Waals surface area contributed by atoms with Crippen molar-refractivity contribution in [2.45, 2.75) is 25.3 Å². The van der Waals surface area contributed by atoms with Crippen LogP contribution in [0.1, 0.15) is 19.3 Å². The van der Waals surface area contributed by atoms with Crippen molar-refractivity contribution in [2.75, 3.05) is 11.4 Å². The van der Waals surface area contributed by atoms with E-state index in [0.29, 0.717) is 15.9 Å². The van der Waals surface area contributed by atoms with Crippen molar-refractivity contribution >= 4 is 34.3 Å². The third kappa shape index (κ3) is 2.43. The topological polar surface area (TPSA) is 92.1 Å². The number of nitrogens with two attached hydrogens (primary N) is 1. The number of hydrogen-bond acceptors (Lipinski definition) is 4. The molecule has 1 unspecified atom stereocenters. The summed E-state index contributed by atoms with van der Waals surface area (Å²) < 4.78 is 0.498. The average Bonchev–Trinajstić information content (AvgIpc) is 2.33. The van der Waals surface area contributed by atoms with Crippen molar-refractivity contribution in [1.82, 2.24) is 9.97 Å². The largest absolute Gasteiger partial charge is 0.368 e. The van der Waals surface area contributed by atoms with Gasteiger partial charge in [0.2, 0.25) is 5.91 Å². The maximum atomic E-state index is 11.5. The zero-order chi connectivity index (χ0) is 12.4. The average molecular weight is 348 g/mol. The summed E-state index contributed by atoms with van der Waals surface area (Å²) in [6.45, 7) is 0.708. The molecule has 1 aromatic heterocycles. The fraction of sp³-hybridized carbons (Fsp3) is 0.500. The van der Waals surface area contributed by atoms with E-state index in [2.05, 4.69) is 9.97 Å². The van der Waals surface area contributed by atoms with Gasteiger partial charge in [-0.2, -0.15) is 0 Å². The molecule has 0 spiro atoms. The molecule has 0 saturated carbocycles. The summed E-state index contributed by atoms with van der Waals surface area (Å²) in [6, 6.07) is -0.355. The molecular formula is C10H13IN4O2. The smallest absolute Gasteiger partial charge is 0.266 e. The molecule has 92 valence electrons. The number of primary amides is 1. The second kappa shape index (κ2) is 5.03. The minimum atomic E-state index is -0.359. The Kier molecular flexibility index (Phi) is 3.65. The van der Waals surface area contributed by atoms with Crippen molar-refractivity contribution in [1.29, 1.82) is 0 Å². The number of anilines is 1. The maximum absolute atomic E-state index is 11.5. The first-order chi connectivity index (χ1) is 8.11. The number of amides is 1. The zero-order valence-electron chi connectivity index (χ0n) is 9.15. The highest BCUT2D eigenvalue weighted by Gasteiger charge is 2.29. The van der Waals surface area contributed by atoms with Crippen LogP contribution in [0, 0.1) is 3.57 Å². The maximum Gasteiger partial charge on any atom is 0.266 e. The molecule has 1 aliphatic rings. The summed E-state index contributed by atoms with van der Waals surface area (Å²) in [6.07, 6.45) is 4.03. The van der Waals surface area contributed by atoms with E-state index >= 15 is 0 Å². The molecule has 0 bridgehead atoms. The Morgan fingerprint density at radius 2 is 2.35 bits per heavy atom. The highest BCUT2D eigenvalue weighted by atomic mass is 127. The van der Waals surface area contributed by atoms with E-state index in [1.807, 2.05) is 27.5 Å². The molecule has 7 heteroatoms. The Morgan fingerprint density at radius 3 is 3.06 bits per heavy atom. The second-order valence-electron chi connectivity index (χ2n) is 3.98. The van der Waals surface area contributed by atoms with E-state index < -0.39 is 0 Å². The van der Waals surface area contributed by atoms with Crippen LogP contribution in [0.25, 0.3) is 0 Å². The molecular weight excluding hydrogens is 335 g/mol. The van der Waals surface area contributed by atoms with Crippen LogP contribution in [-0.2, 0) is 4.79 Å². The van der Waals surface area contributed by atoms with Gasteiger partial charge in [0.15, 0.2) is 0 Å². The number of H-pyrrole nitrogens is 1. The van der Waals surface area contributed by atoms with Gasteiger partial charge in [-0.1, -0.05) is 0 Å². The van der Waals surface area contributed by atoms with Crippen LogP contribution in [0.3, 0.4) is 0 Å². The fourth-order valence-electron chi connectivity index (χ4n) is 2.05. The number of carbonyl (C=O) groups is 1. The van der Waals surface area contributed by atoms with Crippen LogP contribution in [0.15, 0.2) is 11.1 Å². The monoisotopic (exact) mass is 348 g/mol. The van der Waals surface area contributed by atoms with Gasteiger partial charge in [0.25, 0.3) is 5.56 Å². The molecule has 17 heavy (non-hydrogen) atoms. The van der Waals surface area contributed by atoms with E-state index in [-0.39, 0.29) is 17.5 Å². The molecule has 1 atom stereocenters. The van der Waals surface area contributed by atoms with Crippen LogP contribution in [-0.4, -0.2) is 28.5 Å². The van der Waals surface area contributed by atoms with Gasteiger partial charge in [-0.05, 0) is 41.9 Å². The molecule has 0 radical (unpaired) electrons. The number of rotatable bonds is 2. The van der Waals surface area contributed by atoms with Gasteiger partial charge in [-0.3, -0.25) is 9.59 Å². The minimum Gasteiger partial charge on any atom is -0.368 e. The summed E-state index contributed by atoms with van der Waals surface area (Å²) in [5, 5.41) is 0.